The van der Waals surface area contributed by atoms with Crippen LogP contribution in [0.2, 0.25) is 0 Å². The van der Waals surface area contributed by atoms with Gasteiger partial charge in [-0.2, -0.15) is 0 Å². The van der Waals surface area contributed by atoms with Crippen LogP contribution in [0.5, 0.6) is 5.75 Å². The molecule has 0 atom stereocenters. The van der Waals surface area contributed by atoms with Crippen molar-refractivity contribution in [2.24, 2.45) is 0 Å². The second-order valence-corrected chi connectivity index (χ2v) is 5.76. The number of benzene rings is 1. The van der Waals surface area contributed by atoms with E-state index in [4.69, 9.17) is 17.0 Å². The van der Waals surface area contributed by atoms with E-state index in [9.17, 15) is 4.79 Å². The second-order valence-electron chi connectivity index (χ2n) is 4.08. The number of carbonyl (C=O) groups is 1. The van der Waals surface area contributed by atoms with Crippen molar-refractivity contribution < 1.29 is 9.53 Å². The largest absolute Gasteiger partial charge is 0.497 e. The second kappa shape index (κ2) is 6.72. The highest BCUT2D eigenvalue weighted by Gasteiger charge is 2.29. The summed E-state index contributed by atoms with van der Waals surface area (Å²) in [6.45, 7) is 2.53. The molecule has 1 amide bonds. The summed E-state index contributed by atoms with van der Waals surface area (Å²) >= 11 is 6.50. The van der Waals surface area contributed by atoms with Gasteiger partial charge in [-0.15, -0.1) is 0 Å². The molecule has 0 spiro atoms. The molecule has 1 fully saturated rings. The average Bonchev–Trinajstić information content (AvgIpc) is 2.74. The number of amides is 1. The molecule has 5 heteroatoms. The van der Waals surface area contributed by atoms with E-state index in [1.54, 1.807) is 18.1 Å². The number of methoxy groups -OCH3 is 1. The molecular weight excluding hydrogens is 290 g/mol. The van der Waals surface area contributed by atoms with E-state index >= 15 is 0 Å². The van der Waals surface area contributed by atoms with E-state index in [2.05, 4.69) is 0 Å². The summed E-state index contributed by atoms with van der Waals surface area (Å²) in [5.41, 5.74) is 1.05. The number of thioether (sulfide) groups is 1. The van der Waals surface area contributed by atoms with E-state index in [-0.39, 0.29) is 5.91 Å². The zero-order valence-electron chi connectivity index (χ0n) is 11.3. The third kappa shape index (κ3) is 3.29. The first kappa shape index (κ1) is 14.8. The van der Waals surface area contributed by atoms with Gasteiger partial charge in [0.15, 0.2) is 0 Å². The minimum absolute atomic E-state index is 0.0121. The lowest BCUT2D eigenvalue weighted by molar-refractivity contribution is -0.122. The van der Waals surface area contributed by atoms with E-state index in [0.717, 1.165) is 11.3 Å². The molecule has 1 saturated heterocycles. The van der Waals surface area contributed by atoms with Gasteiger partial charge in [0.05, 0.1) is 12.0 Å². The Morgan fingerprint density at radius 2 is 2.05 bits per heavy atom. The van der Waals surface area contributed by atoms with Crippen LogP contribution in [0.15, 0.2) is 41.3 Å². The number of ether oxygens (including phenoxy) is 1. The molecule has 3 nitrogen and oxygen atoms in total. The fourth-order valence-electron chi connectivity index (χ4n) is 1.75. The highest BCUT2D eigenvalue weighted by atomic mass is 32.2. The van der Waals surface area contributed by atoms with Gasteiger partial charge in [0, 0.05) is 6.54 Å². The monoisotopic (exact) mass is 305 g/mol. The predicted molar refractivity (Wildman–Crippen MR) is 87.7 cm³/mol. The van der Waals surface area contributed by atoms with Crippen LogP contribution in [0.25, 0.3) is 6.08 Å². The van der Waals surface area contributed by atoms with E-state index < -0.39 is 0 Å². The molecule has 0 N–H and O–H groups in total. The number of rotatable bonds is 4. The molecule has 1 aliphatic heterocycles. The number of nitrogens with zero attached hydrogens (tertiary/aromatic N) is 1. The van der Waals surface area contributed by atoms with Gasteiger partial charge in [-0.1, -0.05) is 48.3 Å². The van der Waals surface area contributed by atoms with Gasteiger partial charge >= 0.3 is 0 Å². The normalized spacial score (nSPS) is 17.5. The topological polar surface area (TPSA) is 29.5 Å². The van der Waals surface area contributed by atoms with Crippen molar-refractivity contribution in [2.75, 3.05) is 13.7 Å². The molecule has 0 radical (unpaired) electrons. The number of allylic oxidation sites excluding steroid dienone is 2. The Morgan fingerprint density at radius 3 is 2.60 bits per heavy atom. The summed E-state index contributed by atoms with van der Waals surface area (Å²) in [6.07, 6.45) is 5.61. The van der Waals surface area contributed by atoms with Crippen LogP contribution >= 0.6 is 24.0 Å². The van der Waals surface area contributed by atoms with Crippen LogP contribution in [-0.4, -0.2) is 28.8 Å². The molecule has 2 rings (SSSR count). The molecular formula is C15H15NO2S2. The summed E-state index contributed by atoms with van der Waals surface area (Å²) in [7, 11) is 1.64. The zero-order valence-corrected chi connectivity index (χ0v) is 13.0. The van der Waals surface area contributed by atoms with Crippen molar-refractivity contribution >= 4 is 40.3 Å². The maximum absolute atomic E-state index is 12.0. The smallest absolute Gasteiger partial charge is 0.266 e. The van der Waals surface area contributed by atoms with Crippen molar-refractivity contribution in [3.05, 3.63) is 46.9 Å². The quantitative estimate of drug-likeness (QED) is 0.629. The first-order chi connectivity index (χ1) is 9.65. The van der Waals surface area contributed by atoms with Gasteiger partial charge in [0.25, 0.3) is 5.91 Å². The number of likely N-dealkylation sites (N-methyl/N-ethyl adjacent to an activating group) is 1. The predicted octanol–water partition coefficient (Wildman–Crippen LogP) is 3.47. The number of carbonyl (C=O) groups excluding carboxylic acids is 1. The molecule has 0 aromatic heterocycles. The van der Waals surface area contributed by atoms with Crippen molar-refractivity contribution in [1.82, 2.24) is 4.90 Å². The van der Waals surface area contributed by atoms with E-state index in [1.165, 1.54) is 11.8 Å². The zero-order chi connectivity index (χ0) is 14.5. The number of hydrogen-bond donors (Lipinski definition) is 0. The van der Waals surface area contributed by atoms with Crippen molar-refractivity contribution in [1.29, 1.82) is 0 Å². The van der Waals surface area contributed by atoms with Gasteiger partial charge in [0.1, 0.15) is 10.1 Å². The summed E-state index contributed by atoms with van der Waals surface area (Å²) in [5, 5.41) is 0. The third-order valence-electron chi connectivity index (χ3n) is 2.84. The maximum atomic E-state index is 12.0. The van der Waals surface area contributed by atoms with Gasteiger partial charge in [-0.25, -0.2) is 0 Å². The number of hydrogen-bond acceptors (Lipinski definition) is 4. The Hall–Kier alpha value is -1.59. The summed E-state index contributed by atoms with van der Waals surface area (Å²) in [6, 6.07) is 7.72. The fourth-order valence-corrected chi connectivity index (χ4v) is 3.08. The van der Waals surface area contributed by atoms with E-state index in [1.807, 2.05) is 43.3 Å². The Kier molecular flexibility index (Phi) is 4.98. The van der Waals surface area contributed by atoms with Gasteiger partial charge < -0.3 is 4.74 Å². The standard InChI is InChI=1S/C15H15NO2S2/c1-3-16-14(17)13(20-15(16)19)6-4-5-11-7-9-12(18-2)10-8-11/h4-10H,3H2,1-2H3/b5-4+,13-6-. The molecule has 1 aliphatic rings. The molecule has 1 aromatic carbocycles. The molecule has 0 saturated carbocycles. The van der Waals surface area contributed by atoms with Gasteiger partial charge in [-0.3, -0.25) is 9.69 Å². The molecule has 104 valence electrons. The Bertz CT molecular complexity index is 576. The van der Waals surface area contributed by atoms with Crippen LogP contribution in [0.3, 0.4) is 0 Å². The molecule has 1 aromatic rings. The molecule has 0 unspecified atom stereocenters. The van der Waals surface area contributed by atoms with Crippen molar-refractivity contribution in [3.63, 3.8) is 0 Å². The first-order valence-corrected chi connectivity index (χ1v) is 7.44. The van der Waals surface area contributed by atoms with Crippen molar-refractivity contribution in [3.8, 4) is 5.75 Å². The van der Waals surface area contributed by atoms with Crippen LogP contribution in [0.4, 0.5) is 0 Å². The lowest BCUT2D eigenvalue weighted by atomic mass is 10.2. The molecule has 0 aliphatic carbocycles. The SMILES string of the molecule is CCN1C(=O)/C(=C/C=C/c2ccc(OC)cc2)SC1=S. The number of thiocarbonyl (C=S) groups is 1. The minimum atomic E-state index is -0.0121. The summed E-state index contributed by atoms with van der Waals surface area (Å²) in [5.74, 6) is 0.813. The Morgan fingerprint density at radius 1 is 1.35 bits per heavy atom. The van der Waals surface area contributed by atoms with Crippen LogP contribution in [-0.2, 0) is 4.79 Å². The molecule has 20 heavy (non-hydrogen) atoms. The van der Waals surface area contributed by atoms with Crippen molar-refractivity contribution in [2.45, 2.75) is 6.92 Å². The van der Waals surface area contributed by atoms with Crippen LogP contribution < -0.4 is 4.74 Å². The Labute approximate surface area is 128 Å². The molecule has 0 bridgehead atoms. The first-order valence-electron chi connectivity index (χ1n) is 6.21. The lowest BCUT2D eigenvalue weighted by Crippen LogP contribution is -2.27. The highest BCUT2D eigenvalue weighted by Crippen LogP contribution is 2.30. The minimum Gasteiger partial charge on any atom is -0.497 e. The van der Waals surface area contributed by atoms with Crippen LogP contribution in [0.1, 0.15) is 12.5 Å². The molecule has 1 heterocycles. The lowest BCUT2D eigenvalue weighted by Gasteiger charge is -2.09. The Balaban J connectivity index is 2.07. The van der Waals surface area contributed by atoms with Gasteiger partial charge in [-0.05, 0) is 30.7 Å². The summed E-state index contributed by atoms with van der Waals surface area (Å²) < 4.78 is 5.73. The average molecular weight is 305 g/mol. The van der Waals surface area contributed by atoms with E-state index in [0.29, 0.717) is 15.8 Å². The highest BCUT2D eigenvalue weighted by molar-refractivity contribution is 8.26. The fraction of sp³-hybridized carbons (Fsp3) is 0.200. The van der Waals surface area contributed by atoms with Crippen LogP contribution in [0, 0.1) is 0 Å². The summed E-state index contributed by atoms with van der Waals surface area (Å²) in [4.78, 5) is 14.2. The maximum Gasteiger partial charge on any atom is 0.266 e. The van der Waals surface area contributed by atoms with Gasteiger partial charge in [0.2, 0.25) is 0 Å². The third-order valence-corrected chi connectivity index (χ3v) is 4.24.